The summed E-state index contributed by atoms with van der Waals surface area (Å²) < 4.78 is 5.52. The van der Waals surface area contributed by atoms with Crippen LogP contribution < -0.4 is 0 Å². The molecule has 5 nitrogen and oxygen atoms in total. The monoisotopic (exact) mass is 402 g/mol. The molecule has 0 heterocycles. The second kappa shape index (κ2) is 8.10. The first-order valence-corrected chi connectivity index (χ1v) is 10.8. The average Bonchev–Trinajstić information content (AvgIpc) is 2.66. The fourth-order valence-electron chi connectivity index (χ4n) is 5.63. The minimum absolute atomic E-state index is 0.0649. The predicted molar refractivity (Wildman–Crippen MR) is 111 cm³/mol. The third-order valence-electron chi connectivity index (χ3n) is 7.34. The highest BCUT2D eigenvalue weighted by atomic mass is 16.5. The van der Waals surface area contributed by atoms with Crippen molar-refractivity contribution in [2.24, 2.45) is 11.3 Å². The smallest absolute Gasteiger partial charge is 0.306 e. The molecule has 29 heavy (non-hydrogen) atoms. The molecule has 0 amide bonds. The van der Waals surface area contributed by atoms with Crippen LogP contribution in [0.3, 0.4) is 0 Å². The summed E-state index contributed by atoms with van der Waals surface area (Å²) in [5.41, 5.74) is 3.23. The normalized spacial score (nSPS) is 31.1. The molecule has 1 aromatic carbocycles. The van der Waals surface area contributed by atoms with E-state index in [1.165, 1.54) is 11.1 Å². The molecular weight excluding hydrogens is 368 g/mol. The number of esters is 1. The molecule has 1 aromatic rings. The van der Waals surface area contributed by atoms with Crippen LogP contribution in [0.25, 0.3) is 0 Å². The minimum atomic E-state index is -0.994. The Kier molecular flexibility index (Phi) is 6.09. The highest BCUT2D eigenvalue weighted by Gasteiger charge is 2.54. The summed E-state index contributed by atoms with van der Waals surface area (Å²) in [6.45, 7) is 9.05. The van der Waals surface area contributed by atoms with Gasteiger partial charge >= 0.3 is 11.9 Å². The first-order chi connectivity index (χ1) is 13.6. The van der Waals surface area contributed by atoms with Gasteiger partial charge in [0, 0.05) is 5.41 Å². The molecule has 1 fully saturated rings. The third-order valence-corrected chi connectivity index (χ3v) is 7.34. The molecule has 1 saturated carbocycles. The zero-order valence-corrected chi connectivity index (χ0v) is 18.0. The molecule has 0 unspecified atom stereocenters. The highest BCUT2D eigenvalue weighted by molar-refractivity contribution is 5.76. The number of carboxylic acid groups (broad SMARTS) is 1. The van der Waals surface area contributed by atoms with Crippen LogP contribution in [0.2, 0.25) is 0 Å². The van der Waals surface area contributed by atoms with Crippen molar-refractivity contribution in [2.45, 2.75) is 83.7 Å². The Hall–Kier alpha value is -1.88. The first-order valence-electron chi connectivity index (χ1n) is 10.8. The van der Waals surface area contributed by atoms with Gasteiger partial charge in [0.1, 0.15) is 0 Å². The quantitative estimate of drug-likeness (QED) is 0.673. The van der Waals surface area contributed by atoms with E-state index < -0.39 is 18.0 Å². The number of hydrogen-bond donors (Lipinski definition) is 2. The Morgan fingerprint density at radius 3 is 2.59 bits per heavy atom. The van der Waals surface area contributed by atoms with Crippen LogP contribution in [0.1, 0.15) is 94.9 Å². The Balaban J connectivity index is 1.84. The molecule has 2 aliphatic rings. The molecule has 2 aliphatic carbocycles. The Morgan fingerprint density at radius 1 is 1.21 bits per heavy atom. The van der Waals surface area contributed by atoms with E-state index in [1.807, 2.05) is 0 Å². The molecule has 0 saturated heterocycles. The lowest BCUT2D eigenvalue weighted by molar-refractivity contribution is -0.154. The molecule has 0 aliphatic heterocycles. The van der Waals surface area contributed by atoms with Gasteiger partial charge in [0.15, 0.2) is 0 Å². The van der Waals surface area contributed by atoms with E-state index in [-0.39, 0.29) is 36.2 Å². The third kappa shape index (κ3) is 4.20. The molecule has 5 heteroatoms. The van der Waals surface area contributed by atoms with E-state index in [4.69, 9.17) is 9.84 Å². The Morgan fingerprint density at radius 2 is 1.93 bits per heavy atom. The van der Waals surface area contributed by atoms with Gasteiger partial charge in [-0.05, 0) is 53.2 Å². The second-order valence-corrected chi connectivity index (χ2v) is 9.78. The SMILES string of the molecule is CC(C)c1ccc2c(c1)[C@H](O)C[C@H]1[C@](C)(COC(=O)CCC(=O)O)CCC[C@]21C. The van der Waals surface area contributed by atoms with Gasteiger partial charge in [0.2, 0.25) is 0 Å². The van der Waals surface area contributed by atoms with Gasteiger partial charge in [-0.1, -0.05) is 52.3 Å². The average molecular weight is 403 g/mol. The number of benzene rings is 1. The maximum atomic E-state index is 12.0. The fourth-order valence-corrected chi connectivity index (χ4v) is 5.63. The molecule has 0 spiro atoms. The van der Waals surface area contributed by atoms with Crippen molar-refractivity contribution in [2.75, 3.05) is 6.61 Å². The van der Waals surface area contributed by atoms with Gasteiger partial charge in [-0.25, -0.2) is 0 Å². The van der Waals surface area contributed by atoms with Crippen molar-refractivity contribution >= 4 is 11.9 Å². The van der Waals surface area contributed by atoms with Crippen LogP contribution in [-0.2, 0) is 19.7 Å². The van der Waals surface area contributed by atoms with Crippen molar-refractivity contribution in [1.29, 1.82) is 0 Å². The number of aliphatic hydroxyl groups excluding tert-OH is 1. The van der Waals surface area contributed by atoms with Crippen LogP contribution in [-0.4, -0.2) is 28.8 Å². The Labute approximate surface area is 173 Å². The number of carboxylic acids is 1. The largest absolute Gasteiger partial charge is 0.481 e. The summed E-state index contributed by atoms with van der Waals surface area (Å²) in [5, 5.41) is 19.8. The standard InChI is InChI=1S/C24H34O5/c1-15(2)16-6-7-18-17(12-16)19(25)13-20-23(3,10-5-11-24(18,20)4)14-29-22(28)9-8-21(26)27/h6-7,12,15,19-20,25H,5,8-11,13-14H2,1-4H3,(H,26,27)/t19-,20+,23+,24-/m1/s1. The van der Waals surface area contributed by atoms with Gasteiger partial charge in [-0.3, -0.25) is 9.59 Å². The fraction of sp³-hybridized carbons (Fsp3) is 0.667. The zero-order valence-electron chi connectivity index (χ0n) is 18.0. The van der Waals surface area contributed by atoms with Crippen molar-refractivity contribution in [1.82, 2.24) is 0 Å². The Bertz CT molecular complexity index is 785. The van der Waals surface area contributed by atoms with Crippen molar-refractivity contribution in [3.8, 4) is 0 Å². The topological polar surface area (TPSA) is 83.8 Å². The van der Waals surface area contributed by atoms with Gasteiger partial charge in [0.05, 0.1) is 25.6 Å². The summed E-state index contributed by atoms with van der Waals surface area (Å²) in [5.74, 6) is -0.839. The summed E-state index contributed by atoms with van der Waals surface area (Å²) in [6.07, 6.45) is 2.87. The first kappa shape index (κ1) is 21.8. The lowest BCUT2D eigenvalue weighted by Gasteiger charge is -2.56. The summed E-state index contributed by atoms with van der Waals surface area (Å²) in [4.78, 5) is 22.7. The van der Waals surface area contributed by atoms with Crippen LogP contribution in [0.5, 0.6) is 0 Å². The molecule has 0 aromatic heterocycles. The van der Waals surface area contributed by atoms with E-state index in [1.54, 1.807) is 0 Å². The van der Waals surface area contributed by atoms with Gasteiger partial charge in [0.25, 0.3) is 0 Å². The van der Waals surface area contributed by atoms with E-state index in [2.05, 4.69) is 45.9 Å². The zero-order chi connectivity index (χ0) is 21.4. The molecule has 3 rings (SSSR count). The minimum Gasteiger partial charge on any atom is -0.481 e. The predicted octanol–water partition coefficient (Wildman–Crippen LogP) is 4.72. The second-order valence-electron chi connectivity index (χ2n) is 9.78. The van der Waals surface area contributed by atoms with Crippen molar-refractivity contribution < 1.29 is 24.5 Å². The molecule has 0 bridgehead atoms. The van der Waals surface area contributed by atoms with E-state index in [0.29, 0.717) is 12.3 Å². The summed E-state index contributed by atoms with van der Waals surface area (Å²) in [6, 6.07) is 6.55. The van der Waals surface area contributed by atoms with Crippen molar-refractivity contribution in [3.63, 3.8) is 0 Å². The van der Waals surface area contributed by atoms with E-state index in [0.717, 1.165) is 24.8 Å². The number of carbonyl (C=O) groups excluding carboxylic acids is 1. The maximum Gasteiger partial charge on any atom is 0.306 e. The van der Waals surface area contributed by atoms with Crippen LogP contribution >= 0.6 is 0 Å². The summed E-state index contributed by atoms with van der Waals surface area (Å²) >= 11 is 0. The number of rotatable bonds is 6. The lowest BCUT2D eigenvalue weighted by Crippen LogP contribution is -2.51. The number of fused-ring (bicyclic) bond motifs is 3. The van der Waals surface area contributed by atoms with Crippen molar-refractivity contribution in [3.05, 3.63) is 34.9 Å². The molecular formula is C24H34O5. The van der Waals surface area contributed by atoms with Crippen LogP contribution in [0.15, 0.2) is 18.2 Å². The van der Waals surface area contributed by atoms with E-state index in [9.17, 15) is 14.7 Å². The highest BCUT2D eigenvalue weighted by Crippen LogP contribution is 2.59. The lowest BCUT2D eigenvalue weighted by atomic mass is 9.49. The molecule has 0 radical (unpaired) electrons. The molecule has 160 valence electrons. The van der Waals surface area contributed by atoms with E-state index >= 15 is 0 Å². The number of aliphatic hydroxyl groups is 1. The van der Waals surface area contributed by atoms with Gasteiger partial charge in [-0.15, -0.1) is 0 Å². The maximum absolute atomic E-state index is 12.0. The number of aliphatic carboxylic acids is 1. The van der Waals surface area contributed by atoms with Crippen LogP contribution in [0.4, 0.5) is 0 Å². The number of ether oxygens (including phenoxy) is 1. The van der Waals surface area contributed by atoms with Crippen LogP contribution in [0, 0.1) is 11.3 Å². The summed E-state index contributed by atoms with van der Waals surface area (Å²) in [7, 11) is 0. The van der Waals surface area contributed by atoms with Gasteiger partial charge < -0.3 is 14.9 Å². The molecule has 4 atom stereocenters. The number of carbonyl (C=O) groups is 2. The molecule has 2 N–H and O–H groups in total. The number of hydrogen-bond acceptors (Lipinski definition) is 4. The van der Waals surface area contributed by atoms with Gasteiger partial charge in [-0.2, -0.15) is 0 Å².